The Bertz CT molecular complexity index is 238. The molecule has 1 heterocycles. The molecule has 2 nitrogen and oxygen atoms in total. The maximum atomic E-state index is 9.04. The van der Waals surface area contributed by atoms with Crippen LogP contribution in [0.25, 0.3) is 0 Å². The monoisotopic (exact) mass is 165 g/mol. The highest BCUT2D eigenvalue weighted by Gasteiger charge is 2.13. The fourth-order valence-corrected chi connectivity index (χ4v) is 1.45. The molecule has 2 N–H and O–H groups in total. The van der Waals surface area contributed by atoms with Crippen molar-refractivity contribution in [3.8, 4) is 0 Å². The standard InChI is InChI=1S/C10H15NO/c1-3-8(7-12)9-5-6-11-10(9)4-2/h3-4,11-12H,2,5-7H2,1H3/b8-3-. The van der Waals surface area contributed by atoms with Crippen molar-refractivity contribution in [1.29, 1.82) is 0 Å². The molecule has 0 unspecified atom stereocenters. The first-order valence-electron chi connectivity index (χ1n) is 4.19. The van der Waals surface area contributed by atoms with Gasteiger partial charge in [-0.2, -0.15) is 0 Å². The largest absolute Gasteiger partial charge is 0.392 e. The van der Waals surface area contributed by atoms with E-state index in [2.05, 4.69) is 11.9 Å². The molecule has 2 heteroatoms. The van der Waals surface area contributed by atoms with E-state index in [1.54, 1.807) is 0 Å². The quantitative estimate of drug-likeness (QED) is 0.661. The number of rotatable bonds is 3. The predicted molar refractivity (Wildman–Crippen MR) is 50.7 cm³/mol. The summed E-state index contributed by atoms with van der Waals surface area (Å²) in [4.78, 5) is 0. The van der Waals surface area contributed by atoms with Crippen molar-refractivity contribution in [3.63, 3.8) is 0 Å². The van der Waals surface area contributed by atoms with E-state index >= 15 is 0 Å². The first-order chi connectivity index (χ1) is 5.83. The second-order valence-corrected chi connectivity index (χ2v) is 2.75. The van der Waals surface area contributed by atoms with Gasteiger partial charge in [-0.3, -0.25) is 0 Å². The Labute approximate surface area is 73.3 Å². The lowest BCUT2D eigenvalue weighted by Gasteiger charge is -2.04. The van der Waals surface area contributed by atoms with Crippen molar-refractivity contribution in [1.82, 2.24) is 5.32 Å². The molecule has 0 amide bonds. The average Bonchev–Trinajstić information content (AvgIpc) is 2.55. The minimum atomic E-state index is 0.116. The van der Waals surface area contributed by atoms with E-state index in [-0.39, 0.29) is 6.61 Å². The Morgan fingerprint density at radius 3 is 3.00 bits per heavy atom. The Morgan fingerprint density at radius 1 is 1.75 bits per heavy atom. The van der Waals surface area contributed by atoms with Gasteiger partial charge < -0.3 is 10.4 Å². The molecule has 1 aliphatic heterocycles. The number of aliphatic hydroxyl groups excluding tert-OH is 1. The SMILES string of the molecule is C=CC1=C(/C(=C\C)CO)CCN1. The van der Waals surface area contributed by atoms with Gasteiger partial charge >= 0.3 is 0 Å². The smallest absolute Gasteiger partial charge is 0.0682 e. The maximum absolute atomic E-state index is 9.04. The van der Waals surface area contributed by atoms with E-state index < -0.39 is 0 Å². The molecule has 0 aromatic carbocycles. The first kappa shape index (κ1) is 9.07. The summed E-state index contributed by atoms with van der Waals surface area (Å²) in [5.41, 5.74) is 3.28. The van der Waals surface area contributed by atoms with Crippen LogP contribution in [0, 0.1) is 0 Å². The van der Waals surface area contributed by atoms with Crippen LogP contribution in [0.1, 0.15) is 13.3 Å². The molecule has 0 saturated carbocycles. The van der Waals surface area contributed by atoms with Crippen molar-refractivity contribution >= 4 is 0 Å². The van der Waals surface area contributed by atoms with E-state index in [0.29, 0.717) is 0 Å². The van der Waals surface area contributed by atoms with Gasteiger partial charge in [0.05, 0.1) is 6.61 Å². The fourth-order valence-electron chi connectivity index (χ4n) is 1.45. The highest BCUT2D eigenvalue weighted by molar-refractivity contribution is 5.41. The third-order valence-electron chi connectivity index (χ3n) is 2.13. The molecule has 0 bridgehead atoms. The first-order valence-corrected chi connectivity index (χ1v) is 4.19. The lowest BCUT2D eigenvalue weighted by atomic mass is 10.0. The third kappa shape index (κ3) is 1.59. The van der Waals surface area contributed by atoms with E-state index in [1.165, 1.54) is 5.57 Å². The van der Waals surface area contributed by atoms with Crippen LogP contribution in [0.2, 0.25) is 0 Å². The Kier molecular flexibility index (Phi) is 3.11. The van der Waals surface area contributed by atoms with Gasteiger partial charge in [0.2, 0.25) is 0 Å². The molecular formula is C10H15NO. The van der Waals surface area contributed by atoms with Crippen LogP contribution in [0.4, 0.5) is 0 Å². The van der Waals surface area contributed by atoms with Crippen LogP contribution >= 0.6 is 0 Å². The molecule has 1 rings (SSSR count). The fraction of sp³-hybridized carbons (Fsp3) is 0.400. The minimum Gasteiger partial charge on any atom is -0.392 e. The summed E-state index contributed by atoms with van der Waals surface area (Å²) in [5.74, 6) is 0. The molecule has 0 aliphatic carbocycles. The lowest BCUT2D eigenvalue weighted by molar-refractivity contribution is 0.332. The lowest BCUT2D eigenvalue weighted by Crippen LogP contribution is -2.04. The van der Waals surface area contributed by atoms with Gasteiger partial charge in [0.15, 0.2) is 0 Å². The molecule has 66 valence electrons. The predicted octanol–water partition coefficient (Wildman–Crippen LogP) is 1.36. The Morgan fingerprint density at radius 2 is 2.50 bits per heavy atom. The van der Waals surface area contributed by atoms with Crippen LogP contribution in [0.5, 0.6) is 0 Å². The van der Waals surface area contributed by atoms with E-state index in [4.69, 9.17) is 5.11 Å². The number of hydrogen-bond acceptors (Lipinski definition) is 2. The summed E-state index contributed by atoms with van der Waals surface area (Å²) >= 11 is 0. The van der Waals surface area contributed by atoms with E-state index in [1.807, 2.05) is 19.1 Å². The van der Waals surface area contributed by atoms with Crippen molar-refractivity contribution in [2.45, 2.75) is 13.3 Å². The number of hydrogen-bond donors (Lipinski definition) is 2. The van der Waals surface area contributed by atoms with Gasteiger partial charge in [0, 0.05) is 12.2 Å². The summed E-state index contributed by atoms with van der Waals surface area (Å²) in [6.07, 6.45) is 4.74. The molecule has 1 aliphatic rings. The van der Waals surface area contributed by atoms with Gasteiger partial charge in [-0.05, 0) is 30.6 Å². The van der Waals surface area contributed by atoms with Crippen LogP contribution < -0.4 is 5.32 Å². The summed E-state index contributed by atoms with van der Waals surface area (Å²) in [5, 5.41) is 12.3. The van der Waals surface area contributed by atoms with Crippen LogP contribution in [-0.2, 0) is 0 Å². The van der Waals surface area contributed by atoms with Crippen molar-refractivity contribution < 1.29 is 5.11 Å². The average molecular weight is 165 g/mol. The summed E-state index contributed by atoms with van der Waals surface area (Å²) in [6.45, 7) is 6.73. The molecule has 0 aromatic heterocycles. The Balaban J connectivity index is 2.91. The van der Waals surface area contributed by atoms with Gasteiger partial charge in [0.1, 0.15) is 0 Å². The Hall–Kier alpha value is -1.02. The van der Waals surface area contributed by atoms with E-state index in [9.17, 15) is 0 Å². The normalized spacial score (nSPS) is 18.0. The molecule has 0 spiro atoms. The van der Waals surface area contributed by atoms with Crippen molar-refractivity contribution in [2.24, 2.45) is 0 Å². The summed E-state index contributed by atoms with van der Waals surface area (Å²) < 4.78 is 0. The van der Waals surface area contributed by atoms with Gasteiger partial charge in [0.25, 0.3) is 0 Å². The zero-order valence-electron chi connectivity index (χ0n) is 7.43. The second kappa shape index (κ2) is 4.12. The second-order valence-electron chi connectivity index (χ2n) is 2.75. The minimum absolute atomic E-state index is 0.116. The molecule has 0 atom stereocenters. The number of nitrogens with one attached hydrogen (secondary N) is 1. The zero-order valence-corrected chi connectivity index (χ0v) is 7.43. The molecular weight excluding hydrogens is 150 g/mol. The highest BCUT2D eigenvalue weighted by Crippen LogP contribution is 2.21. The topological polar surface area (TPSA) is 32.3 Å². The summed E-state index contributed by atoms with van der Waals surface area (Å²) in [6, 6.07) is 0. The van der Waals surface area contributed by atoms with Gasteiger partial charge in [-0.1, -0.05) is 12.7 Å². The maximum Gasteiger partial charge on any atom is 0.0682 e. The van der Waals surface area contributed by atoms with Crippen molar-refractivity contribution in [2.75, 3.05) is 13.2 Å². The molecule has 0 fully saturated rings. The summed E-state index contributed by atoms with van der Waals surface area (Å²) in [7, 11) is 0. The third-order valence-corrected chi connectivity index (χ3v) is 2.13. The van der Waals surface area contributed by atoms with Gasteiger partial charge in [-0.25, -0.2) is 0 Å². The number of allylic oxidation sites excluding steroid dienone is 2. The van der Waals surface area contributed by atoms with Gasteiger partial charge in [-0.15, -0.1) is 0 Å². The molecule has 12 heavy (non-hydrogen) atoms. The van der Waals surface area contributed by atoms with E-state index in [0.717, 1.165) is 24.2 Å². The highest BCUT2D eigenvalue weighted by atomic mass is 16.3. The number of aliphatic hydroxyl groups is 1. The molecule has 0 radical (unpaired) electrons. The van der Waals surface area contributed by atoms with Crippen molar-refractivity contribution in [3.05, 3.63) is 35.6 Å². The molecule has 0 saturated heterocycles. The molecule has 0 aromatic rings. The van der Waals surface area contributed by atoms with Crippen LogP contribution in [0.3, 0.4) is 0 Å². The van der Waals surface area contributed by atoms with Crippen LogP contribution in [-0.4, -0.2) is 18.3 Å². The zero-order chi connectivity index (χ0) is 8.97. The van der Waals surface area contributed by atoms with Crippen LogP contribution in [0.15, 0.2) is 35.6 Å².